The van der Waals surface area contributed by atoms with Crippen molar-refractivity contribution >= 4 is 34.4 Å². The third kappa shape index (κ3) is 5.31. The van der Waals surface area contributed by atoms with Gasteiger partial charge in [0.25, 0.3) is 0 Å². The molecule has 2 aliphatic heterocycles. The molecule has 34 heavy (non-hydrogen) atoms. The Labute approximate surface area is 198 Å². The van der Waals surface area contributed by atoms with Crippen LogP contribution in [0.5, 0.6) is 0 Å². The number of fused-ring (bicyclic) bond motifs is 1. The molecule has 1 aromatic heterocycles. The van der Waals surface area contributed by atoms with Crippen LogP contribution in [-0.4, -0.2) is 65.8 Å². The monoisotopic (exact) mass is 465 g/mol. The Kier molecular flexibility index (Phi) is 7.33. The summed E-state index contributed by atoms with van der Waals surface area (Å²) in [5, 5.41) is 15.8. The van der Waals surface area contributed by atoms with Gasteiger partial charge in [-0.25, -0.2) is 4.99 Å². The number of nitriles is 1. The first-order chi connectivity index (χ1) is 16.5. The molecule has 0 bridgehead atoms. The van der Waals surface area contributed by atoms with Gasteiger partial charge < -0.3 is 25.3 Å². The van der Waals surface area contributed by atoms with Crippen molar-refractivity contribution in [1.82, 2.24) is 15.1 Å². The Morgan fingerprint density at radius 1 is 1.26 bits per heavy atom. The van der Waals surface area contributed by atoms with Crippen LogP contribution in [0.1, 0.15) is 37.9 Å². The third-order valence-electron chi connectivity index (χ3n) is 6.41. The van der Waals surface area contributed by atoms with Crippen LogP contribution in [0.25, 0.3) is 11.0 Å². The van der Waals surface area contributed by atoms with Crippen LogP contribution in [0.15, 0.2) is 33.7 Å². The van der Waals surface area contributed by atoms with E-state index < -0.39 is 6.04 Å². The van der Waals surface area contributed by atoms with Gasteiger partial charge >= 0.3 is 0 Å². The van der Waals surface area contributed by atoms with Crippen molar-refractivity contribution in [2.24, 2.45) is 10.7 Å². The van der Waals surface area contributed by atoms with Gasteiger partial charge in [-0.1, -0.05) is 0 Å². The lowest BCUT2D eigenvalue weighted by molar-refractivity contribution is -0.141. The number of guanidine groups is 1. The summed E-state index contributed by atoms with van der Waals surface area (Å²) in [5.74, 6) is 0.732. The van der Waals surface area contributed by atoms with E-state index in [0.29, 0.717) is 31.7 Å². The molecule has 2 aliphatic rings. The first kappa shape index (κ1) is 23.6. The average Bonchev–Trinajstić information content (AvgIpc) is 3.40. The van der Waals surface area contributed by atoms with Crippen LogP contribution in [0.4, 0.5) is 5.69 Å². The zero-order valence-electron chi connectivity index (χ0n) is 19.4. The van der Waals surface area contributed by atoms with Crippen LogP contribution >= 0.6 is 0 Å². The fourth-order valence-corrected chi connectivity index (χ4v) is 4.72. The van der Waals surface area contributed by atoms with Gasteiger partial charge in [0, 0.05) is 36.7 Å². The molecule has 2 aromatic rings. The summed E-state index contributed by atoms with van der Waals surface area (Å²) >= 11 is 0. The molecule has 2 fully saturated rings. The molecule has 0 aliphatic carbocycles. The number of nitrogens with one attached hydrogen (secondary N) is 2. The maximum atomic E-state index is 13.3. The summed E-state index contributed by atoms with van der Waals surface area (Å²) in [7, 11) is 0. The zero-order valence-corrected chi connectivity index (χ0v) is 19.4. The summed E-state index contributed by atoms with van der Waals surface area (Å²) in [6, 6.07) is 6.85. The Morgan fingerprint density at radius 3 is 2.91 bits per heavy atom. The second-order valence-corrected chi connectivity index (χ2v) is 8.84. The number of nitrogens with two attached hydrogens (primary N) is 1. The number of nitrogens with zero attached hydrogens (tertiary/aromatic N) is 4. The second-order valence-electron chi connectivity index (χ2n) is 8.84. The highest BCUT2D eigenvalue weighted by Crippen LogP contribution is 2.23. The highest BCUT2D eigenvalue weighted by Gasteiger charge is 2.32. The smallest absolute Gasteiger partial charge is 0.247 e. The third-order valence-corrected chi connectivity index (χ3v) is 6.41. The average molecular weight is 466 g/mol. The molecule has 4 rings (SSSR count). The topological polar surface area (TPSA) is 140 Å². The van der Waals surface area contributed by atoms with E-state index in [4.69, 9.17) is 10.2 Å². The number of aryl methyl sites for hydroxylation is 1. The molecule has 4 N–H and O–H groups in total. The largest absolute Gasteiger partial charge is 0.461 e. The zero-order chi connectivity index (χ0) is 24.1. The standard InChI is InChI=1S/C24H31N7O3/c1-16-11-17-12-18(7-8-21(17)34-16)28-24(27-15-26)29-20-6-2-3-9-30(23(20)33)14-22(32)31-10-4-5-19(31)13-25/h7-8,11-12,19-20H,2-6,9-10,13-14,25H2,1H3,(H2,27,28,29)/t19-,20-/m0/s1. The van der Waals surface area contributed by atoms with E-state index in [1.54, 1.807) is 9.80 Å². The number of hydrogen-bond acceptors (Lipinski definition) is 6. The molecular weight excluding hydrogens is 434 g/mol. The lowest BCUT2D eigenvalue weighted by Gasteiger charge is -2.28. The van der Waals surface area contributed by atoms with E-state index >= 15 is 0 Å². The van der Waals surface area contributed by atoms with E-state index in [-0.39, 0.29) is 30.4 Å². The molecular formula is C24H31N7O3. The molecule has 3 heterocycles. The predicted octanol–water partition coefficient (Wildman–Crippen LogP) is 1.91. The Hall–Kier alpha value is -3.58. The number of carbonyl (C=O) groups excluding carboxylic acids is 2. The van der Waals surface area contributed by atoms with Gasteiger partial charge in [0.05, 0.1) is 6.54 Å². The molecule has 2 amide bonds. The van der Waals surface area contributed by atoms with Gasteiger partial charge in [0.15, 0.2) is 6.19 Å². The van der Waals surface area contributed by atoms with Gasteiger partial charge in [-0.2, -0.15) is 5.26 Å². The number of aliphatic imine (C=N–C) groups is 1. The van der Waals surface area contributed by atoms with Crippen molar-refractivity contribution in [2.45, 2.75) is 51.1 Å². The Balaban J connectivity index is 1.49. The lowest BCUT2D eigenvalue weighted by Crippen LogP contribution is -2.48. The Bertz CT molecular complexity index is 1120. The summed E-state index contributed by atoms with van der Waals surface area (Å²) in [6.45, 7) is 3.55. The van der Waals surface area contributed by atoms with Gasteiger partial charge in [-0.05, 0) is 63.3 Å². The minimum absolute atomic E-state index is 0.0340. The van der Waals surface area contributed by atoms with Crippen LogP contribution in [0.2, 0.25) is 0 Å². The molecule has 0 radical (unpaired) electrons. The van der Waals surface area contributed by atoms with Crippen molar-refractivity contribution in [3.8, 4) is 6.19 Å². The number of carbonyl (C=O) groups is 2. The van der Waals surface area contributed by atoms with Gasteiger partial charge in [-0.3, -0.25) is 14.9 Å². The molecule has 1 aromatic carbocycles. The van der Waals surface area contributed by atoms with Gasteiger partial charge in [-0.15, -0.1) is 0 Å². The molecule has 2 saturated heterocycles. The summed E-state index contributed by atoms with van der Waals surface area (Å²) in [5.41, 5.74) is 7.29. The van der Waals surface area contributed by atoms with Crippen LogP contribution in [-0.2, 0) is 9.59 Å². The molecule has 0 saturated carbocycles. The number of hydrogen-bond donors (Lipinski definition) is 3. The van der Waals surface area contributed by atoms with Crippen molar-refractivity contribution in [1.29, 1.82) is 5.26 Å². The summed E-state index contributed by atoms with van der Waals surface area (Å²) in [6.07, 6.45) is 5.88. The van der Waals surface area contributed by atoms with Gasteiger partial charge in [0.2, 0.25) is 17.8 Å². The number of rotatable bonds is 5. The Morgan fingerprint density at radius 2 is 2.12 bits per heavy atom. The lowest BCUT2D eigenvalue weighted by atomic mass is 10.1. The van der Waals surface area contributed by atoms with E-state index in [2.05, 4.69) is 15.6 Å². The normalized spacial score (nSPS) is 21.4. The minimum atomic E-state index is -0.678. The highest BCUT2D eigenvalue weighted by molar-refractivity contribution is 5.98. The fourth-order valence-electron chi connectivity index (χ4n) is 4.72. The van der Waals surface area contributed by atoms with Crippen molar-refractivity contribution in [2.75, 3.05) is 31.5 Å². The maximum absolute atomic E-state index is 13.3. The number of benzene rings is 1. The van der Waals surface area contributed by atoms with Crippen LogP contribution < -0.4 is 16.4 Å². The van der Waals surface area contributed by atoms with E-state index in [1.165, 1.54) is 0 Å². The van der Waals surface area contributed by atoms with Gasteiger partial charge in [0.1, 0.15) is 17.4 Å². The van der Waals surface area contributed by atoms with Crippen molar-refractivity contribution in [3.05, 3.63) is 30.0 Å². The van der Waals surface area contributed by atoms with E-state index in [0.717, 1.165) is 42.4 Å². The first-order valence-corrected chi connectivity index (χ1v) is 11.8. The van der Waals surface area contributed by atoms with Crippen molar-refractivity contribution in [3.63, 3.8) is 0 Å². The molecule has 10 nitrogen and oxygen atoms in total. The molecule has 180 valence electrons. The second kappa shape index (κ2) is 10.6. The van der Waals surface area contributed by atoms with Crippen molar-refractivity contribution < 1.29 is 14.0 Å². The predicted molar refractivity (Wildman–Crippen MR) is 129 cm³/mol. The number of furan rings is 1. The minimum Gasteiger partial charge on any atom is -0.461 e. The fraction of sp³-hybridized carbons (Fsp3) is 0.500. The number of likely N-dealkylation sites (tertiary alicyclic amines) is 2. The van der Waals surface area contributed by atoms with E-state index in [9.17, 15) is 14.9 Å². The van der Waals surface area contributed by atoms with Crippen LogP contribution in [0, 0.1) is 18.4 Å². The van der Waals surface area contributed by atoms with E-state index in [1.807, 2.05) is 37.4 Å². The summed E-state index contributed by atoms with van der Waals surface area (Å²) < 4.78 is 5.60. The summed E-state index contributed by atoms with van der Waals surface area (Å²) in [4.78, 5) is 34.1. The molecule has 10 heteroatoms. The molecule has 2 atom stereocenters. The maximum Gasteiger partial charge on any atom is 0.247 e. The molecule has 0 unspecified atom stereocenters. The highest BCUT2D eigenvalue weighted by atomic mass is 16.3. The quantitative estimate of drug-likeness (QED) is 0.265. The molecule has 0 spiro atoms. The SMILES string of the molecule is Cc1cc2cc(NC(=N[C@H]3CCCCN(CC(=O)N4CCC[C@H]4CN)C3=O)NC#N)ccc2o1. The number of anilines is 1. The first-order valence-electron chi connectivity index (χ1n) is 11.8. The van der Waals surface area contributed by atoms with Crippen LogP contribution in [0.3, 0.4) is 0 Å². The number of amides is 2.